The van der Waals surface area contributed by atoms with Crippen LogP contribution in [0, 0.1) is 13.8 Å². The molecule has 0 aromatic heterocycles. The summed E-state index contributed by atoms with van der Waals surface area (Å²) >= 11 is 0. The van der Waals surface area contributed by atoms with E-state index < -0.39 is 12.6 Å². The topological polar surface area (TPSA) is 76.1 Å². The highest BCUT2D eigenvalue weighted by atomic mass is 16.5. The summed E-state index contributed by atoms with van der Waals surface area (Å²) in [6.45, 7) is 4.51. The number of hydrogen-bond donors (Lipinski definition) is 1. The minimum absolute atomic E-state index is 0.0319. The summed E-state index contributed by atoms with van der Waals surface area (Å²) < 4.78 is 10.6. The standard InChI is InChI=1S/C16H21NO5/c1-10-6-12(7-11(2)15(10)22-9-14(18)19)16(20)17-5-4-13(8-17)21-3/h6-7,13H,4-5,8-9H2,1-3H3,(H,18,19)/t13-/m0/s1. The van der Waals surface area contributed by atoms with Crippen LogP contribution in [0.4, 0.5) is 0 Å². The first-order chi connectivity index (χ1) is 10.4. The highest BCUT2D eigenvalue weighted by Gasteiger charge is 2.27. The second-order valence-electron chi connectivity index (χ2n) is 5.52. The Balaban J connectivity index is 2.15. The van der Waals surface area contributed by atoms with Crippen molar-refractivity contribution < 1.29 is 24.2 Å². The highest BCUT2D eigenvalue weighted by molar-refractivity contribution is 5.95. The number of carbonyl (C=O) groups excluding carboxylic acids is 1. The molecule has 0 aliphatic carbocycles. The molecule has 1 aromatic rings. The molecule has 6 heteroatoms. The molecule has 1 saturated heterocycles. The third-order valence-corrected chi connectivity index (χ3v) is 3.81. The summed E-state index contributed by atoms with van der Waals surface area (Å²) in [6, 6.07) is 3.49. The molecule has 0 bridgehead atoms. The Labute approximate surface area is 129 Å². The lowest BCUT2D eigenvalue weighted by Gasteiger charge is -2.18. The molecule has 1 aliphatic heterocycles. The maximum absolute atomic E-state index is 12.5. The van der Waals surface area contributed by atoms with Gasteiger partial charge in [0.25, 0.3) is 5.91 Å². The van der Waals surface area contributed by atoms with E-state index >= 15 is 0 Å². The SMILES string of the molecule is CO[C@H]1CCN(C(=O)c2cc(C)c(OCC(=O)O)c(C)c2)C1. The molecule has 1 amide bonds. The molecule has 1 heterocycles. The molecule has 1 aliphatic rings. The minimum atomic E-state index is -1.03. The largest absolute Gasteiger partial charge is 0.481 e. The number of hydrogen-bond acceptors (Lipinski definition) is 4. The molecule has 1 fully saturated rings. The van der Waals surface area contributed by atoms with Crippen LogP contribution < -0.4 is 4.74 Å². The monoisotopic (exact) mass is 307 g/mol. The third-order valence-electron chi connectivity index (χ3n) is 3.81. The molecular weight excluding hydrogens is 286 g/mol. The van der Waals surface area contributed by atoms with Crippen molar-refractivity contribution in [2.45, 2.75) is 26.4 Å². The molecule has 0 radical (unpaired) electrons. The molecular formula is C16H21NO5. The second-order valence-corrected chi connectivity index (χ2v) is 5.52. The fourth-order valence-corrected chi connectivity index (χ4v) is 2.72. The van der Waals surface area contributed by atoms with Gasteiger partial charge in [-0.25, -0.2) is 4.79 Å². The van der Waals surface area contributed by atoms with Gasteiger partial charge in [0.1, 0.15) is 5.75 Å². The number of carboxylic acids is 1. The number of benzene rings is 1. The number of amides is 1. The average molecular weight is 307 g/mol. The van der Waals surface area contributed by atoms with Crippen LogP contribution in [0.1, 0.15) is 27.9 Å². The zero-order valence-electron chi connectivity index (χ0n) is 13.1. The Morgan fingerprint density at radius 1 is 1.32 bits per heavy atom. The summed E-state index contributed by atoms with van der Waals surface area (Å²) in [5.74, 6) is -0.535. The van der Waals surface area contributed by atoms with E-state index in [4.69, 9.17) is 14.6 Å². The van der Waals surface area contributed by atoms with Crippen molar-refractivity contribution in [3.63, 3.8) is 0 Å². The van der Waals surface area contributed by atoms with E-state index in [9.17, 15) is 9.59 Å². The second kappa shape index (κ2) is 6.79. The molecule has 120 valence electrons. The maximum Gasteiger partial charge on any atom is 0.341 e. The van der Waals surface area contributed by atoms with E-state index in [0.29, 0.717) is 24.4 Å². The average Bonchev–Trinajstić information content (AvgIpc) is 2.94. The van der Waals surface area contributed by atoms with Crippen molar-refractivity contribution in [3.8, 4) is 5.75 Å². The first-order valence-corrected chi connectivity index (χ1v) is 7.20. The number of rotatable bonds is 5. The smallest absolute Gasteiger partial charge is 0.341 e. The van der Waals surface area contributed by atoms with Crippen LogP contribution in [-0.2, 0) is 9.53 Å². The molecule has 1 atom stereocenters. The Hall–Kier alpha value is -2.08. The fourth-order valence-electron chi connectivity index (χ4n) is 2.72. The van der Waals surface area contributed by atoms with Gasteiger partial charge in [-0.2, -0.15) is 0 Å². The fraction of sp³-hybridized carbons (Fsp3) is 0.500. The predicted molar refractivity (Wildman–Crippen MR) is 80.4 cm³/mol. The summed E-state index contributed by atoms with van der Waals surface area (Å²) in [5.41, 5.74) is 2.11. The van der Waals surface area contributed by atoms with E-state index in [-0.39, 0.29) is 12.0 Å². The van der Waals surface area contributed by atoms with Gasteiger partial charge >= 0.3 is 5.97 Å². The van der Waals surface area contributed by atoms with Crippen LogP contribution >= 0.6 is 0 Å². The molecule has 0 saturated carbocycles. The Kier molecular flexibility index (Phi) is 5.03. The first kappa shape index (κ1) is 16.3. The van der Waals surface area contributed by atoms with Gasteiger partial charge in [-0.15, -0.1) is 0 Å². The predicted octanol–water partition coefficient (Wildman–Crippen LogP) is 1.63. The number of ether oxygens (including phenoxy) is 2. The lowest BCUT2D eigenvalue weighted by Crippen LogP contribution is -2.30. The quantitative estimate of drug-likeness (QED) is 0.894. The number of likely N-dealkylation sites (tertiary alicyclic amines) is 1. The van der Waals surface area contributed by atoms with Gasteiger partial charge in [0.15, 0.2) is 6.61 Å². The molecule has 1 N–H and O–H groups in total. The Bertz CT molecular complexity index is 561. The van der Waals surface area contributed by atoms with E-state index in [1.807, 2.05) is 13.8 Å². The van der Waals surface area contributed by atoms with Gasteiger partial charge < -0.3 is 19.5 Å². The molecule has 0 unspecified atom stereocenters. The first-order valence-electron chi connectivity index (χ1n) is 7.20. The van der Waals surface area contributed by atoms with Crippen LogP contribution in [0.5, 0.6) is 5.75 Å². The zero-order chi connectivity index (χ0) is 16.3. The van der Waals surface area contributed by atoms with E-state index in [1.54, 1.807) is 24.1 Å². The lowest BCUT2D eigenvalue weighted by molar-refractivity contribution is -0.139. The minimum Gasteiger partial charge on any atom is -0.481 e. The third kappa shape index (κ3) is 3.57. The van der Waals surface area contributed by atoms with Crippen molar-refractivity contribution in [1.82, 2.24) is 4.90 Å². The van der Waals surface area contributed by atoms with Gasteiger partial charge in [-0.1, -0.05) is 0 Å². The van der Waals surface area contributed by atoms with Crippen molar-refractivity contribution in [3.05, 3.63) is 28.8 Å². The van der Waals surface area contributed by atoms with Crippen molar-refractivity contribution in [2.75, 3.05) is 26.8 Å². The van der Waals surface area contributed by atoms with Gasteiger partial charge in [-0.05, 0) is 43.5 Å². The summed E-state index contributed by atoms with van der Waals surface area (Å²) in [5, 5.41) is 8.69. The zero-order valence-corrected chi connectivity index (χ0v) is 13.1. The summed E-state index contributed by atoms with van der Waals surface area (Å²) in [6.07, 6.45) is 0.948. The molecule has 2 rings (SSSR count). The Morgan fingerprint density at radius 3 is 2.45 bits per heavy atom. The van der Waals surface area contributed by atoms with Crippen LogP contribution in [0.25, 0.3) is 0 Å². The summed E-state index contributed by atoms with van der Waals surface area (Å²) in [7, 11) is 1.65. The van der Waals surface area contributed by atoms with Crippen molar-refractivity contribution in [2.24, 2.45) is 0 Å². The normalized spacial score (nSPS) is 17.6. The van der Waals surface area contributed by atoms with Crippen molar-refractivity contribution >= 4 is 11.9 Å². The maximum atomic E-state index is 12.5. The van der Waals surface area contributed by atoms with Crippen LogP contribution in [0.15, 0.2) is 12.1 Å². The van der Waals surface area contributed by atoms with Crippen LogP contribution in [0.3, 0.4) is 0 Å². The Morgan fingerprint density at radius 2 is 1.95 bits per heavy atom. The van der Waals surface area contributed by atoms with Gasteiger partial charge in [0.05, 0.1) is 6.10 Å². The number of methoxy groups -OCH3 is 1. The highest BCUT2D eigenvalue weighted by Crippen LogP contribution is 2.26. The van der Waals surface area contributed by atoms with E-state index in [1.165, 1.54) is 0 Å². The number of aliphatic carboxylic acids is 1. The molecule has 6 nitrogen and oxygen atoms in total. The van der Waals surface area contributed by atoms with Crippen LogP contribution in [0.2, 0.25) is 0 Å². The van der Waals surface area contributed by atoms with Crippen molar-refractivity contribution in [1.29, 1.82) is 0 Å². The van der Waals surface area contributed by atoms with Gasteiger partial charge in [0, 0.05) is 25.8 Å². The number of carboxylic acid groups (broad SMARTS) is 1. The summed E-state index contributed by atoms with van der Waals surface area (Å²) in [4.78, 5) is 24.9. The van der Waals surface area contributed by atoms with Crippen LogP contribution in [-0.4, -0.2) is 54.8 Å². The number of carbonyl (C=O) groups is 2. The number of aryl methyl sites for hydroxylation is 2. The molecule has 22 heavy (non-hydrogen) atoms. The van der Waals surface area contributed by atoms with Gasteiger partial charge in [-0.3, -0.25) is 4.79 Å². The number of nitrogens with zero attached hydrogens (tertiary/aromatic N) is 1. The molecule has 1 aromatic carbocycles. The van der Waals surface area contributed by atoms with E-state index in [2.05, 4.69) is 0 Å². The lowest BCUT2D eigenvalue weighted by atomic mass is 10.0. The molecule has 0 spiro atoms. The van der Waals surface area contributed by atoms with Gasteiger partial charge in [0.2, 0.25) is 0 Å². The van der Waals surface area contributed by atoms with E-state index in [0.717, 1.165) is 17.5 Å².